The molecule has 0 spiro atoms. The predicted molar refractivity (Wildman–Crippen MR) is 102 cm³/mol. The highest BCUT2D eigenvalue weighted by Crippen LogP contribution is 2.17. The second-order valence-electron chi connectivity index (χ2n) is 6.14. The van der Waals surface area contributed by atoms with Gasteiger partial charge in [-0.15, -0.1) is 0 Å². The van der Waals surface area contributed by atoms with Crippen LogP contribution in [0.25, 0.3) is 17.2 Å². The van der Waals surface area contributed by atoms with E-state index in [4.69, 9.17) is 4.98 Å². The first-order chi connectivity index (χ1) is 12.7. The Morgan fingerprint density at radius 1 is 1.04 bits per heavy atom. The number of aryl methyl sites for hydroxylation is 2. The van der Waals surface area contributed by atoms with Crippen molar-refractivity contribution >= 4 is 11.5 Å². The van der Waals surface area contributed by atoms with Crippen LogP contribution in [-0.2, 0) is 13.0 Å². The van der Waals surface area contributed by atoms with Crippen molar-refractivity contribution in [2.75, 3.05) is 5.32 Å². The van der Waals surface area contributed by atoms with Crippen LogP contribution >= 0.6 is 0 Å². The van der Waals surface area contributed by atoms with Crippen molar-refractivity contribution in [2.45, 2.75) is 26.8 Å². The first-order valence-corrected chi connectivity index (χ1v) is 8.69. The monoisotopic (exact) mass is 344 g/mol. The fourth-order valence-electron chi connectivity index (χ4n) is 2.85. The molecule has 0 saturated carbocycles. The third kappa shape index (κ3) is 3.26. The average molecular weight is 344 g/mol. The number of rotatable bonds is 5. The van der Waals surface area contributed by atoms with Gasteiger partial charge in [0.1, 0.15) is 17.2 Å². The Morgan fingerprint density at radius 3 is 2.73 bits per heavy atom. The van der Waals surface area contributed by atoms with Gasteiger partial charge in [-0.3, -0.25) is 4.98 Å². The van der Waals surface area contributed by atoms with Gasteiger partial charge in [0.05, 0.1) is 12.2 Å². The van der Waals surface area contributed by atoms with Gasteiger partial charge in [0, 0.05) is 30.4 Å². The number of anilines is 1. The van der Waals surface area contributed by atoms with E-state index in [0.717, 1.165) is 40.5 Å². The van der Waals surface area contributed by atoms with Crippen LogP contribution in [0.4, 0.5) is 5.82 Å². The fourth-order valence-corrected chi connectivity index (χ4v) is 2.85. The minimum absolute atomic E-state index is 0.600. The molecule has 0 aliphatic carbocycles. The van der Waals surface area contributed by atoms with Gasteiger partial charge in [-0.25, -0.2) is 15.0 Å². The molecule has 0 unspecified atom stereocenters. The molecule has 4 rings (SSSR count). The minimum atomic E-state index is 0.600. The van der Waals surface area contributed by atoms with Crippen molar-refractivity contribution in [1.29, 1.82) is 0 Å². The largest absolute Gasteiger partial charge is 0.364 e. The lowest BCUT2D eigenvalue weighted by Gasteiger charge is -2.08. The molecule has 130 valence electrons. The van der Waals surface area contributed by atoms with Gasteiger partial charge < -0.3 is 9.72 Å². The Hall–Kier alpha value is -3.28. The lowest BCUT2D eigenvalue weighted by atomic mass is 10.2. The van der Waals surface area contributed by atoms with Gasteiger partial charge in [0.15, 0.2) is 5.82 Å². The van der Waals surface area contributed by atoms with Crippen molar-refractivity contribution in [2.24, 2.45) is 0 Å². The number of fused-ring (bicyclic) bond motifs is 1. The average Bonchev–Trinajstić information content (AvgIpc) is 3.11. The van der Waals surface area contributed by atoms with E-state index in [2.05, 4.69) is 40.2 Å². The molecule has 0 bridgehead atoms. The van der Waals surface area contributed by atoms with Crippen LogP contribution in [0.2, 0.25) is 0 Å². The molecule has 0 aliphatic heterocycles. The van der Waals surface area contributed by atoms with Gasteiger partial charge in [-0.05, 0) is 37.1 Å². The number of hydrogen-bond acceptors (Lipinski definition) is 5. The highest BCUT2D eigenvalue weighted by atomic mass is 15.1. The SMILES string of the molecule is CCc1cc(NCc2cn3cccc(C)c3n2)nc(-c2ccccn2)n1. The summed E-state index contributed by atoms with van der Waals surface area (Å²) in [7, 11) is 0. The van der Waals surface area contributed by atoms with E-state index in [-0.39, 0.29) is 0 Å². The molecular formula is C20H20N6. The predicted octanol–water partition coefficient (Wildman–Crippen LogP) is 3.67. The molecule has 4 aromatic heterocycles. The molecule has 1 N–H and O–H groups in total. The van der Waals surface area contributed by atoms with Crippen LogP contribution in [0.15, 0.2) is 55.0 Å². The number of nitrogens with one attached hydrogen (secondary N) is 1. The Kier molecular flexibility index (Phi) is 4.31. The highest BCUT2D eigenvalue weighted by Gasteiger charge is 2.08. The lowest BCUT2D eigenvalue weighted by Crippen LogP contribution is -2.05. The summed E-state index contributed by atoms with van der Waals surface area (Å²) >= 11 is 0. The van der Waals surface area contributed by atoms with Crippen molar-refractivity contribution in [1.82, 2.24) is 24.3 Å². The van der Waals surface area contributed by atoms with Crippen molar-refractivity contribution < 1.29 is 0 Å². The Labute approximate surface area is 152 Å². The molecule has 6 nitrogen and oxygen atoms in total. The number of pyridine rings is 2. The molecule has 6 heteroatoms. The summed E-state index contributed by atoms with van der Waals surface area (Å²) < 4.78 is 2.04. The molecule has 0 aromatic carbocycles. The molecule has 4 aromatic rings. The second-order valence-corrected chi connectivity index (χ2v) is 6.14. The van der Waals surface area contributed by atoms with E-state index in [1.54, 1.807) is 6.20 Å². The van der Waals surface area contributed by atoms with Crippen LogP contribution in [0.5, 0.6) is 0 Å². The van der Waals surface area contributed by atoms with E-state index < -0.39 is 0 Å². The molecule has 0 radical (unpaired) electrons. The summed E-state index contributed by atoms with van der Waals surface area (Å²) in [5, 5.41) is 3.37. The summed E-state index contributed by atoms with van der Waals surface area (Å²) in [4.78, 5) is 18.3. The van der Waals surface area contributed by atoms with Crippen LogP contribution in [0.1, 0.15) is 23.9 Å². The summed E-state index contributed by atoms with van der Waals surface area (Å²) in [6.45, 7) is 4.75. The zero-order valence-corrected chi connectivity index (χ0v) is 14.8. The minimum Gasteiger partial charge on any atom is -0.364 e. The van der Waals surface area contributed by atoms with Crippen LogP contribution in [0.3, 0.4) is 0 Å². The van der Waals surface area contributed by atoms with Gasteiger partial charge in [0.25, 0.3) is 0 Å². The molecule has 4 heterocycles. The second kappa shape index (κ2) is 6.92. The maximum Gasteiger partial charge on any atom is 0.180 e. The fraction of sp³-hybridized carbons (Fsp3) is 0.200. The Bertz CT molecular complexity index is 1040. The molecular weight excluding hydrogens is 324 g/mol. The number of hydrogen-bond donors (Lipinski definition) is 1. The van der Waals surface area contributed by atoms with Gasteiger partial charge in [-0.2, -0.15) is 0 Å². The molecule has 0 saturated heterocycles. The van der Waals surface area contributed by atoms with E-state index in [9.17, 15) is 0 Å². The van der Waals surface area contributed by atoms with E-state index in [0.29, 0.717) is 12.4 Å². The first kappa shape index (κ1) is 16.2. The summed E-state index contributed by atoms with van der Waals surface area (Å²) in [5.74, 6) is 1.42. The van der Waals surface area contributed by atoms with Crippen molar-refractivity contribution in [3.8, 4) is 11.5 Å². The number of aromatic nitrogens is 5. The first-order valence-electron chi connectivity index (χ1n) is 8.69. The molecule has 26 heavy (non-hydrogen) atoms. The zero-order chi connectivity index (χ0) is 17.9. The van der Waals surface area contributed by atoms with E-state index in [1.807, 2.05) is 47.1 Å². The summed E-state index contributed by atoms with van der Waals surface area (Å²) in [6, 6.07) is 11.8. The lowest BCUT2D eigenvalue weighted by molar-refractivity contribution is 0.980. The van der Waals surface area contributed by atoms with E-state index in [1.165, 1.54) is 0 Å². The van der Waals surface area contributed by atoms with Crippen LogP contribution < -0.4 is 5.32 Å². The number of nitrogens with zero attached hydrogens (tertiary/aromatic N) is 5. The summed E-state index contributed by atoms with van der Waals surface area (Å²) in [5.41, 5.74) is 4.86. The van der Waals surface area contributed by atoms with Gasteiger partial charge in [0.2, 0.25) is 0 Å². The van der Waals surface area contributed by atoms with E-state index >= 15 is 0 Å². The van der Waals surface area contributed by atoms with Gasteiger partial charge >= 0.3 is 0 Å². The molecule has 0 amide bonds. The standard InChI is InChI=1S/C20H20N6/c1-3-15-11-18(25-19(23-15)17-8-4-5-9-21-17)22-12-16-13-26-10-6-7-14(2)20(26)24-16/h4-11,13H,3,12H2,1-2H3,(H,22,23,25). The highest BCUT2D eigenvalue weighted by molar-refractivity contribution is 5.53. The van der Waals surface area contributed by atoms with Gasteiger partial charge in [-0.1, -0.05) is 19.1 Å². The third-order valence-electron chi connectivity index (χ3n) is 4.21. The maximum atomic E-state index is 4.70. The van der Waals surface area contributed by atoms with Crippen LogP contribution in [0, 0.1) is 6.92 Å². The summed E-state index contributed by atoms with van der Waals surface area (Å²) in [6.07, 6.45) is 6.64. The molecule has 0 atom stereocenters. The topological polar surface area (TPSA) is 68.0 Å². The quantitative estimate of drug-likeness (QED) is 0.598. The number of imidazole rings is 1. The molecule has 0 aliphatic rings. The third-order valence-corrected chi connectivity index (χ3v) is 4.21. The van der Waals surface area contributed by atoms with Crippen molar-refractivity contribution in [3.63, 3.8) is 0 Å². The Morgan fingerprint density at radius 2 is 1.96 bits per heavy atom. The van der Waals surface area contributed by atoms with Crippen LogP contribution in [-0.4, -0.2) is 24.3 Å². The smallest absolute Gasteiger partial charge is 0.180 e. The normalized spacial score (nSPS) is 11.0. The Balaban J connectivity index is 1.60. The maximum absolute atomic E-state index is 4.70. The molecule has 0 fully saturated rings. The van der Waals surface area contributed by atoms with Crippen molar-refractivity contribution in [3.05, 3.63) is 71.9 Å². The zero-order valence-electron chi connectivity index (χ0n) is 14.8.